The number of nitrogens with two attached hydrogens (primary N) is 1. The summed E-state index contributed by atoms with van der Waals surface area (Å²) in [7, 11) is 1.93. The minimum atomic E-state index is 0.271. The van der Waals surface area contributed by atoms with Gasteiger partial charge in [-0.1, -0.05) is 11.8 Å². The highest BCUT2D eigenvalue weighted by Crippen LogP contribution is 2.33. The number of hydrogen-bond donors (Lipinski definition) is 1. The van der Waals surface area contributed by atoms with Crippen LogP contribution in [0.25, 0.3) is 0 Å². The molecule has 6 heteroatoms. The molecule has 0 saturated heterocycles. The fourth-order valence-corrected chi connectivity index (χ4v) is 2.23. The molecule has 2 heterocycles. The predicted molar refractivity (Wildman–Crippen MR) is 63.9 cm³/mol. The van der Waals surface area contributed by atoms with Crippen LogP contribution in [0.5, 0.6) is 0 Å². The SMILES string of the molecule is CC(Sc1nncn1C)c1ccnc(N)c1. The van der Waals surface area contributed by atoms with Gasteiger partial charge in [-0.3, -0.25) is 0 Å². The summed E-state index contributed by atoms with van der Waals surface area (Å²) in [4.78, 5) is 3.97. The Morgan fingerprint density at radius 1 is 1.50 bits per heavy atom. The molecule has 0 aromatic carbocycles. The number of aryl methyl sites for hydroxylation is 1. The minimum Gasteiger partial charge on any atom is -0.384 e. The summed E-state index contributed by atoms with van der Waals surface area (Å²) in [5.74, 6) is 0.544. The minimum absolute atomic E-state index is 0.271. The van der Waals surface area contributed by atoms with Crippen molar-refractivity contribution in [2.24, 2.45) is 7.05 Å². The second-order valence-corrected chi connectivity index (χ2v) is 4.81. The fourth-order valence-electron chi connectivity index (χ4n) is 1.32. The van der Waals surface area contributed by atoms with Gasteiger partial charge < -0.3 is 10.3 Å². The molecule has 2 aromatic heterocycles. The number of aromatic nitrogens is 4. The predicted octanol–water partition coefficient (Wildman–Crippen LogP) is 1.65. The topological polar surface area (TPSA) is 69.6 Å². The number of nitrogens with zero attached hydrogens (tertiary/aromatic N) is 4. The maximum Gasteiger partial charge on any atom is 0.191 e. The van der Waals surface area contributed by atoms with E-state index in [1.807, 2.05) is 23.7 Å². The molecule has 0 amide bonds. The molecular weight excluding hydrogens is 222 g/mol. The lowest BCUT2D eigenvalue weighted by atomic mass is 10.2. The molecule has 0 radical (unpaired) electrons. The molecule has 84 valence electrons. The highest BCUT2D eigenvalue weighted by Gasteiger charge is 2.11. The summed E-state index contributed by atoms with van der Waals surface area (Å²) in [5, 5.41) is 9.04. The summed E-state index contributed by atoms with van der Waals surface area (Å²) in [6, 6.07) is 3.85. The molecule has 0 aliphatic heterocycles. The monoisotopic (exact) mass is 235 g/mol. The van der Waals surface area contributed by atoms with Gasteiger partial charge in [0.2, 0.25) is 0 Å². The average molecular weight is 235 g/mol. The van der Waals surface area contributed by atoms with Gasteiger partial charge >= 0.3 is 0 Å². The van der Waals surface area contributed by atoms with Crippen molar-refractivity contribution in [1.29, 1.82) is 0 Å². The van der Waals surface area contributed by atoms with Crippen LogP contribution in [0.15, 0.2) is 29.8 Å². The third-order valence-electron chi connectivity index (χ3n) is 2.23. The number of hydrogen-bond acceptors (Lipinski definition) is 5. The molecule has 1 unspecified atom stereocenters. The summed E-state index contributed by atoms with van der Waals surface area (Å²) in [6.07, 6.45) is 3.41. The molecule has 0 aliphatic rings. The van der Waals surface area contributed by atoms with Crippen LogP contribution in [0, 0.1) is 0 Å². The third kappa shape index (κ3) is 2.33. The number of pyridine rings is 1. The highest BCUT2D eigenvalue weighted by molar-refractivity contribution is 7.99. The van der Waals surface area contributed by atoms with Crippen molar-refractivity contribution in [3.8, 4) is 0 Å². The zero-order valence-corrected chi connectivity index (χ0v) is 9.98. The van der Waals surface area contributed by atoms with Crippen LogP contribution in [0.3, 0.4) is 0 Å². The smallest absolute Gasteiger partial charge is 0.191 e. The van der Waals surface area contributed by atoms with Crippen molar-refractivity contribution in [3.63, 3.8) is 0 Å². The van der Waals surface area contributed by atoms with E-state index >= 15 is 0 Å². The first-order valence-corrected chi connectivity index (χ1v) is 5.77. The average Bonchev–Trinajstić information content (AvgIpc) is 2.64. The van der Waals surface area contributed by atoms with Gasteiger partial charge in [-0.15, -0.1) is 10.2 Å². The van der Waals surface area contributed by atoms with E-state index in [9.17, 15) is 0 Å². The van der Waals surface area contributed by atoms with E-state index in [1.54, 1.807) is 24.3 Å². The van der Waals surface area contributed by atoms with Crippen LogP contribution in [-0.2, 0) is 7.05 Å². The first kappa shape index (κ1) is 10.9. The van der Waals surface area contributed by atoms with Gasteiger partial charge in [0.15, 0.2) is 5.16 Å². The number of nitrogen functional groups attached to an aromatic ring is 1. The molecule has 0 bridgehead atoms. The summed E-state index contributed by atoms with van der Waals surface area (Å²) < 4.78 is 1.89. The summed E-state index contributed by atoms with van der Waals surface area (Å²) >= 11 is 1.64. The quantitative estimate of drug-likeness (QED) is 0.819. The van der Waals surface area contributed by atoms with E-state index in [-0.39, 0.29) is 5.25 Å². The van der Waals surface area contributed by atoms with E-state index in [4.69, 9.17) is 5.73 Å². The van der Waals surface area contributed by atoms with Gasteiger partial charge in [0, 0.05) is 18.5 Å². The van der Waals surface area contributed by atoms with Crippen molar-refractivity contribution < 1.29 is 0 Å². The van der Waals surface area contributed by atoms with Gasteiger partial charge in [-0.05, 0) is 24.6 Å². The molecule has 0 aliphatic carbocycles. The molecule has 1 atom stereocenters. The van der Waals surface area contributed by atoms with Crippen LogP contribution < -0.4 is 5.73 Å². The Labute approximate surface area is 98.1 Å². The molecule has 0 fully saturated rings. The standard InChI is InChI=1S/C10H13N5S/c1-7(8-3-4-12-9(11)5-8)16-10-14-13-6-15(10)2/h3-7H,1-2H3,(H2,11,12). The molecule has 2 aromatic rings. The van der Waals surface area contributed by atoms with Crippen LogP contribution in [-0.4, -0.2) is 19.7 Å². The van der Waals surface area contributed by atoms with Crippen molar-refractivity contribution in [3.05, 3.63) is 30.2 Å². The number of anilines is 1. The van der Waals surface area contributed by atoms with E-state index in [0.29, 0.717) is 5.82 Å². The van der Waals surface area contributed by atoms with Gasteiger partial charge in [0.25, 0.3) is 0 Å². The second-order valence-electron chi connectivity index (χ2n) is 3.50. The third-order valence-corrected chi connectivity index (χ3v) is 3.43. The fraction of sp³-hybridized carbons (Fsp3) is 0.300. The summed E-state index contributed by atoms with van der Waals surface area (Å²) in [5.41, 5.74) is 6.79. The van der Waals surface area contributed by atoms with Crippen LogP contribution in [0.2, 0.25) is 0 Å². The lowest BCUT2D eigenvalue weighted by Gasteiger charge is -2.10. The Balaban J connectivity index is 2.14. The van der Waals surface area contributed by atoms with Crippen molar-refractivity contribution in [2.75, 3.05) is 5.73 Å². The molecule has 5 nitrogen and oxygen atoms in total. The zero-order chi connectivity index (χ0) is 11.5. The largest absolute Gasteiger partial charge is 0.384 e. The van der Waals surface area contributed by atoms with E-state index in [2.05, 4.69) is 22.1 Å². The Morgan fingerprint density at radius 2 is 2.31 bits per heavy atom. The number of thioether (sulfide) groups is 1. The maximum atomic E-state index is 5.65. The lowest BCUT2D eigenvalue weighted by molar-refractivity contribution is 0.785. The van der Waals surface area contributed by atoms with Crippen molar-refractivity contribution >= 4 is 17.6 Å². The van der Waals surface area contributed by atoms with E-state index < -0.39 is 0 Å². The van der Waals surface area contributed by atoms with Gasteiger partial charge in [-0.25, -0.2) is 4.98 Å². The van der Waals surface area contributed by atoms with Crippen LogP contribution in [0.1, 0.15) is 17.7 Å². The Hall–Kier alpha value is -1.56. The van der Waals surface area contributed by atoms with Gasteiger partial charge in [-0.2, -0.15) is 0 Å². The Kier molecular flexibility index (Phi) is 3.09. The van der Waals surface area contributed by atoms with E-state index in [1.165, 1.54) is 0 Å². The highest BCUT2D eigenvalue weighted by atomic mass is 32.2. The first-order chi connectivity index (χ1) is 7.66. The summed E-state index contributed by atoms with van der Waals surface area (Å²) in [6.45, 7) is 2.11. The first-order valence-electron chi connectivity index (χ1n) is 4.89. The maximum absolute atomic E-state index is 5.65. The normalized spacial score (nSPS) is 12.6. The van der Waals surface area contributed by atoms with Crippen LogP contribution >= 0.6 is 11.8 Å². The van der Waals surface area contributed by atoms with Gasteiger partial charge in [0.05, 0.1) is 0 Å². The molecule has 16 heavy (non-hydrogen) atoms. The van der Waals surface area contributed by atoms with Crippen molar-refractivity contribution in [1.82, 2.24) is 19.7 Å². The van der Waals surface area contributed by atoms with Gasteiger partial charge in [0.1, 0.15) is 12.1 Å². The molecular formula is C10H13N5S. The Morgan fingerprint density at radius 3 is 2.94 bits per heavy atom. The van der Waals surface area contributed by atoms with Crippen LogP contribution in [0.4, 0.5) is 5.82 Å². The Bertz CT molecular complexity index is 482. The molecule has 0 spiro atoms. The molecule has 0 saturated carbocycles. The van der Waals surface area contributed by atoms with E-state index in [0.717, 1.165) is 10.7 Å². The zero-order valence-electron chi connectivity index (χ0n) is 9.16. The van der Waals surface area contributed by atoms with Crippen molar-refractivity contribution in [2.45, 2.75) is 17.3 Å². The number of rotatable bonds is 3. The second kappa shape index (κ2) is 4.52. The molecule has 2 rings (SSSR count). The lowest BCUT2D eigenvalue weighted by Crippen LogP contribution is -1.96. The molecule has 2 N–H and O–H groups in total.